The summed E-state index contributed by atoms with van der Waals surface area (Å²) in [5.41, 5.74) is -1.43. The third-order valence-electron chi connectivity index (χ3n) is 6.15. The van der Waals surface area contributed by atoms with Gasteiger partial charge in [-0.3, -0.25) is 9.59 Å². The lowest BCUT2D eigenvalue weighted by molar-refractivity contribution is -0.136. The Hall–Kier alpha value is -3.94. The van der Waals surface area contributed by atoms with Crippen LogP contribution in [0.25, 0.3) is 11.0 Å². The van der Waals surface area contributed by atoms with Gasteiger partial charge in [-0.1, -0.05) is 54.1 Å². The Labute approximate surface area is 205 Å². The molecule has 0 aliphatic carbocycles. The predicted molar refractivity (Wildman–Crippen MR) is 131 cm³/mol. The second-order valence-corrected chi connectivity index (χ2v) is 8.76. The van der Waals surface area contributed by atoms with Crippen molar-refractivity contribution in [3.05, 3.63) is 105 Å². The number of carbonyl (C=O) groups excluding carboxylic acids is 2. The summed E-state index contributed by atoms with van der Waals surface area (Å²) in [6, 6.07) is 20.2. The largest absolute Gasteiger partial charge is 0.493 e. The lowest BCUT2D eigenvalue weighted by atomic mass is 9.88. The fourth-order valence-corrected chi connectivity index (χ4v) is 4.53. The molecule has 0 bridgehead atoms. The molecule has 0 saturated carbocycles. The first-order valence-corrected chi connectivity index (χ1v) is 11.2. The van der Waals surface area contributed by atoms with E-state index in [1.54, 1.807) is 66.7 Å². The van der Waals surface area contributed by atoms with Crippen molar-refractivity contribution in [1.82, 2.24) is 0 Å². The van der Waals surface area contributed by atoms with Crippen LogP contribution in [0.4, 0.5) is 5.69 Å². The van der Waals surface area contributed by atoms with Gasteiger partial charge in [-0.25, -0.2) is 4.79 Å². The molecule has 1 aromatic heterocycles. The van der Waals surface area contributed by atoms with Crippen molar-refractivity contribution in [3.8, 4) is 5.75 Å². The number of Topliss-reactive ketones (excluding diaryl/α,β-unsaturated/α-hetero) is 1. The number of anilines is 1. The van der Waals surface area contributed by atoms with E-state index < -0.39 is 29.3 Å². The molecule has 8 heteroatoms. The van der Waals surface area contributed by atoms with Crippen molar-refractivity contribution >= 4 is 39.9 Å². The molecule has 1 aliphatic rings. The van der Waals surface area contributed by atoms with Crippen molar-refractivity contribution in [1.29, 1.82) is 0 Å². The third-order valence-corrected chi connectivity index (χ3v) is 6.41. The van der Waals surface area contributed by atoms with Crippen molar-refractivity contribution in [2.45, 2.75) is 18.6 Å². The van der Waals surface area contributed by atoms with Crippen LogP contribution < -0.4 is 15.3 Å². The maximum Gasteiger partial charge on any atom is 0.347 e. The van der Waals surface area contributed by atoms with Crippen LogP contribution in [0, 0.1) is 0 Å². The van der Waals surface area contributed by atoms with E-state index in [0.717, 1.165) is 5.56 Å². The summed E-state index contributed by atoms with van der Waals surface area (Å²) in [5, 5.41) is 12.6. The average molecular weight is 490 g/mol. The Morgan fingerprint density at radius 2 is 1.80 bits per heavy atom. The number of ether oxygens (including phenoxy) is 1. The zero-order chi connectivity index (χ0) is 24.7. The number of methoxy groups -OCH3 is 1. The SMILES string of the molecule is COc1cccc2cc(C(=O)C[C@@]3(O)C(=O)N(Cc4ccc(Cl)cc4)c4ccccc43)c(=O)oc12. The van der Waals surface area contributed by atoms with Crippen LogP contribution in [0.2, 0.25) is 5.02 Å². The highest BCUT2D eigenvalue weighted by molar-refractivity contribution is 6.30. The summed E-state index contributed by atoms with van der Waals surface area (Å²) in [6.45, 7) is 0.182. The normalized spacial score (nSPS) is 17.0. The minimum Gasteiger partial charge on any atom is -0.493 e. The Morgan fingerprint density at radius 3 is 2.54 bits per heavy atom. The summed E-state index contributed by atoms with van der Waals surface area (Å²) in [4.78, 5) is 40.8. The molecule has 7 nitrogen and oxygen atoms in total. The van der Waals surface area contributed by atoms with Crippen molar-refractivity contribution in [3.63, 3.8) is 0 Å². The van der Waals surface area contributed by atoms with Gasteiger partial charge in [-0.05, 0) is 35.9 Å². The lowest BCUT2D eigenvalue weighted by Gasteiger charge is -2.22. The van der Waals surface area contributed by atoms with Gasteiger partial charge in [0.2, 0.25) is 0 Å². The quantitative estimate of drug-likeness (QED) is 0.317. The second kappa shape index (κ2) is 8.69. The number of aliphatic hydroxyl groups is 1. The third kappa shape index (κ3) is 3.88. The van der Waals surface area contributed by atoms with E-state index >= 15 is 0 Å². The molecule has 0 saturated heterocycles. The second-order valence-electron chi connectivity index (χ2n) is 8.32. The first kappa shape index (κ1) is 22.8. The zero-order valence-corrected chi connectivity index (χ0v) is 19.4. The number of para-hydroxylation sites is 2. The summed E-state index contributed by atoms with van der Waals surface area (Å²) in [5.74, 6) is -0.994. The Balaban J connectivity index is 1.50. The number of carbonyl (C=O) groups is 2. The fraction of sp³-hybridized carbons (Fsp3) is 0.148. The van der Waals surface area contributed by atoms with Crippen molar-refractivity contribution in [2.24, 2.45) is 0 Å². The van der Waals surface area contributed by atoms with E-state index in [0.29, 0.717) is 27.4 Å². The summed E-state index contributed by atoms with van der Waals surface area (Å²) < 4.78 is 10.6. The monoisotopic (exact) mass is 489 g/mol. The van der Waals surface area contributed by atoms with Gasteiger partial charge in [0, 0.05) is 16.0 Å². The molecule has 0 spiro atoms. The van der Waals surface area contributed by atoms with Crippen molar-refractivity contribution in [2.75, 3.05) is 12.0 Å². The molecule has 4 aromatic rings. The number of fused-ring (bicyclic) bond motifs is 2. The molecule has 3 aromatic carbocycles. The Kier molecular flexibility index (Phi) is 5.67. The topological polar surface area (TPSA) is 97.0 Å². The van der Waals surface area contributed by atoms with E-state index in [9.17, 15) is 19.5 Å². The van der Waals surface area contributed by atoms with E-state index in [1.165, 1.54) is 18.1 Å². The Morgan fingerprint density at radius 1 is 1.06 bits per heavy atom. The number of nitrogens with zero attached hydrogens (tertiary/aromatic N) is 1. The number of amides is 1. The van der Waals surface area contributed by atoms with E-state index in [2.05, 4.69) is 0 Å². The smallest absolute Gasteiger partial charge is 0.347 e. The fourth-order valence-electron chi connectivity index (χ4n) is 4.41. The molecule has 1 atom stereocenters. The van der Waals surface area contributed by atoms with Gasteiger partial charge in [-0.2, -0.15) is 0 Å². The van der Waals surface area contributed by atoms with E-state index in [4.69, 9.17) is 20.8 Å². The number of ketones is 1. The molecular weight excluding hydrogens is 470 g/mol. The van der Waals surface area contributed by atoms with Gasteiger partial charge < -0.3 is 19.2 Å². The number of hydrogen-bond donors (Lipinski definition) is 1. The lowest BCUT2D eigenvalue weighted by Crippen LogP contribution is -2.42. The van der Waals surface area contributed by atoms with Gasteiger partial charge in [0.05, 0.1) is 25.8 Å². The van der Waals surface area contributed by atoms with Crippen LogP contribution >= 0.6 is 11.6 Å². The van der Waals surface area contributed by atoms with E-state index in [-0.39, 0.29) is 17.7 Å². The molecule has 0 unspecified atom stereocenters. The van der Waals surface area contributed by atoms with Crippen LogP contribution in [0.3, 0.4) is 0 Å². The molecule has 176 valence electrons. The maximum absolute atomic E-state index is 13.5. The van der Waals surface area contributed by atoms with Crippen molar-refractivity contribution < 1.29 is 23.8 Å². The minimum absolute atomic E-state index is 0.182. The van der Waals surface area contributed by atoms with Crippen LogP contribution in [-0.2, 0) is 16.9 Å². The molecule has 5 rings (SSSR count). The molecule has 1 amide bonds. The summed E-state index contributed by atoms with van der Waals surface area (Å²) >= 11 is 5.97. The first-order chi connectivity index (χ1) is 16.8. The molecule has 1 N–H and O–H groups in total. The summed E-state index contributed by atoms with van der Waals surface area (Å²) in [6.07, 6.45) is -0.611. The molecule has 1 aliphatic heterocycles. The van der Waals surface area contributed by atoms with Gasteiger partial charge >= 0.3 is 5.63 Å². The number of hydrogen-bond acceptors (Lipinski definition) is 6. The molecule has 0 fully saturated rings. The predicted octanol–water partition coefficient (Wildman–Crippen LogP) is 4.46. The number of benzene rings is 3. The number of rotatable bonds is 6. The minimum atomic E-state index is -2.13. The first-order valence-electron chi connectivity index (χ1n) is 10.8. The molecule has 2 heterocycles. The van der Waals surface area contributed by atoms with Gasteiger partial charge in [0.25, 0.3) is 5.91 Å². The van der Waals surface area contributed by atoms with Gasteiger partial charge in [0.1, 0.15) is 5.56 Å². The van der Waals surface area contributed by atoms with Crippen LogP contribution in [-0.4, -0.2) is 23.9 Å². The molecule has 35 heavy (non-hydrogen) atoms. The highest BCUT2D eigenvalue weighted by atomic mass is 35.5. The zero-order valence-electron chi connectivity index (χ0n) is 18.7. The molecule has 0 radical (unpaired) electrons. The van der Waals surface area contributed by atoms with E-state index in [1.807, 2.05) is 0 Å². The standard InChI is InChI=1S/C27H20ClNO6/c1-34-23-8-4-5-17-13-19(25(31)35-24(17)23)22(30)14-27(33)20-6-2-3-7-21(20)29(26(27)32)15-16-9-11-18(28)12-10-16/h2-13,33H,14-15H2,1H3/t27-/m0/s1. The van der Waals surface area contributed by atoms with Gasteiger partial charge in [-0.15, -0.1) is 0 Å². The highest BCUT2D eigenvalue weighted by Gasteiger charge is 2.51. The van der Waals surface area contributed by atoms with Crippen LogP contribution in [0.1, 0.15) is 27.9 Å². The van der Waals surface area contributed by atoms with Crippen LogP contribution in [0.5, 0.6) is 5.75 Å². The number of halogens is 1. The average Bonchev–Trinajstić information content (AvgIpc) is 3.06. The summed E-state index contributed by atoms with van der Waals surface area (Å²) in [7, 11) is 1.45. The maximum atomic E-state index is 13.5. The van der Waals surface area contributed by atoms with Gasteiger partial charge in [0.15, 0.2) is 22.7 Å². The highest BCUT2D eigenvalue weighted by Crippen LogP contribution is 2.43. The Bertz CT molecular complexity index is 1530. The van der Waals surface area contributed by atoms with Crippen LogP contribution in [0.15, 0.2) is 82.0 Å². The molecular formula is C27H20ClNO6.